The second-order valence-electron chi connectivity index (χ2n) is 7.09. The fourth-order valence-corrected chi connectivity index (χ4v) is 3.43. The quantitative estimate of drug-likeness (QED) is 0.712. The molecule has 28 heavy (non-hydrogen) atoms. The molecule has 0 unspecified atom stereocenters. The summed E-state index contributed by atoms with van der Waals surface area (Å²) in [7, 11) is 0. The molecule has 2 aromatic rings. The SMILES string of the molecule is OC1(c2cc(C(F)(F)F)cc(C(F)(F)F)c2)CCN(Cc2ccccc2)CC1. The summed E-state index contributed by atoms with van der Waals surface area (Å²) in [6, 6.07) is 10.9. The predicted molar refractivity (Wildman–Crippen MR) is 91.3 cm³/mol. The van der Waals surface area contributed by atoms with E-state index in [-0.39, 0.29) is 24.5 Å². The van der Waals surface area contributed by atoms with Crippen molar-refractivity contribution >= 4 is 0 Å². The minimum atomic E-state index is -4.93. The number of aliphatic hydroxyl groups is 1. The maximum Gasteiger partial charge on any atom is 0.416 e. The highest BCUT2D eigenvalue weighted by Crippen LogP contribution is 2.41. The summed E-state index contributed by atoms with van der Waals surface area (Å²) < 4.78 is 78.5. The third kappa shape index (κ3) is 4.67. The van der Waals surface area contributed by atoms with Crippen LogP contribution in [-0.2, 0) is 24.5 Å². The molecule has 0 aliphatic carbocycles. The van der Waals surface area contributed by atoms with Crippen LogP contribution in [0, 0.1) is 0 Å². The molecule has 3 rings (SSSR count). The Kier molecular flexibility index (Phi) is 5.46. The molecule has 0 saturated carbocycles. The first kappa shape index (κ1) is 20.7. The van der Waals surface area contributed by atoms with Gasteiger partial charge >= 0.3 is 12.4 Å². The van der Waals surface area contributed by atoms with Crippen molar-refractivity contribution in [1.82, 2.24) is 4.90 Å². The molecule has 0 radical (unpaired) electrons. The lowest BCUT2D eigenvalue weighted by Gasteiger charge is -2.39. The molecule has 0 bridgehead atoms. The number of benzene rings is 2. The van der Waals surface area contributed by atoms with E-state index in [9.17, 15) is 31.4 Å². The number of alkyl halides is 6. The van der Waals surface area contributed by atoms with E-state index in [1.54, 1.807) is 0 Å². The molecule has 1 N–H and O–H groups in total. The van der Waals surface area contributed by atoms with Crippen molar-refractivity contribution in [3.05, 3.63) is 70.8 Å². The molecule has 1 fully saturated rings. The van der Waals surface area contributed by atoms with Crippen LogP contribution in [0.4, 0.5) is 26.3 Å². The maximum atomic E-state index is 13.1. The van der Waals surface area contributed by atoms with Crippen LogP contribution in [0.5, 0.6) is 0 Å². The van der Waals surface area contributed by atoms with Crippen molar-refractivity contribution in [2.75, 3.05) is 13.1 Å². The lowest BCUT2D eigenvalue weighted by atomic mass is 9.82. The predicted octanol–water partition coefficient (Wildman–Crippen LogP) is 5.21. The van der Waals surface area contributed by atoms with Gasteiger partial charge in [-0.2, -0.15) is 26.3 Å². The number of nitrogens with zero attached hydrogens (tertiary/aromatic N) is 1. The van der Waals surface area contributed by atoms with Gasteiger partial charge in [-0.1, -0.05) is 30.3 Å². The van der Waals surface area contributed by atoms with Crippen molar-refractivity contribution in [2.45, 2.75) is 37.3 Å². The van der Waals surface area contributed by atoms with Gasteiger partial charge in [0.1, 0.15) is 0 Å². The smallest absolute Gasteiger partial charge is 0.385 e. The minimum Gasteiger partial charge on any atom is -0.385 e. The van der Waals surface area contributed by atoms with Crippen molar-refractivity contribution in [1.29, 1.82) is 0 Å². The summed E-state index contributed by atoms with van der Waals surface area (Å²) in [4.78, 5) is 2.02. The van der Waals surface area contributed by atoms with Crippen LogP contribution < -0.4 is 0 Å². The third-order valence-electron chi connectivity index (χ3n) is 5.06. The van der Waals surface area contributed by atoms with Crippen molar-refractivity contribution < 1.29 is 31.4 Å². The normalized spacial score (nSPS) is 18.2. The van der Waals surface area contributed by atoms with Gasteiger partial charge in [0.2, 0.25) is 0 Å². The first-order valence-corrected chi connectivity index (χ1v) is 8.76. The summed E-state index contributed by atoms with van der Waals surface area (Å²) in [6.07, 6.45) is -9.75. The largest absolute Gasteiger partial charge is 0.416 e. The number of hydrogen-bond acceptors (Lipinski definition) is 2. The molecule has 2 nitrogen and oxygen atoms in total. The zero-order valence-corrected chi connectivity index (χ0v) is 14.8. The average molecular weight is 403 g/mol. The highest BCUT2D eigenvalue weighted by Gasteiger charge is 2.41. The summed E-state index contributed by atoms with van der Waals surface area (Å²) in [5.41, 5.74) is -3.83. The van der Waals surface area contributed by atoms with E-state index in [1.165, 1.54) is 0 Å². The molecule has 1 heterocycles. The van der Waals surface area contributed by atoms with Crippen LogP contribution in [0.25, 0.3) is 0 Å². The number of hydrogen-bond donors (Lipinski definition) is 1. The Labute approximate surface area is 158 Å². The van der Waals surface area contributed by atoms with Crippen LogP contribution in [0.15, 0.2) is 48.5 Å². The van der Waals surface area contributed by atoms with Gasteiger partial charge in [-0.25, -0.2) is 0 Å². The molecule has 8 heteroatoms. The molecule has 0 spiro atoms. The maximum absolute atomic E-state index is 13.1. The number of likely N-dealkylation sites (tertiary alicyclic amines) is 1. The Morgan fingerprint density at radius 3 is 1.79 bits per heavy atom. The molecular weight excluding hydrogens is 384 g/mol. The zero-order valence-electron chi connectivity index (χ0n) is 14.8. The summed E-state index contributed by atoms with van der Waals surface area (Å²) in [6.45, 7) is 1.33. The monoisotopic (exact) mass is 403 g/mol. The van der Waals surface area contributed by atoms with E-state index in [1.807, 2.05) is 35.2 Å². The Morgan fingerprint density at radius 2 is 1.32 bits per heavy atom. The molecule has 1 saturated heterocycles. The lowest BCUT2D eigenvalue weighted by Crippen LogP contribution is -2.42. The minimum absolute atomic E-state index is 0.0540. The Morgan fingerprint density at radius 1 is 0.821 bits per heavy atom. The van der Waals surface area contributed by atoms with E-state index in [0.29, 0.717) is 31.8 Å². The molecule has 2 aromatic carbocycles. The third-order valence-corrected chi connectivity index (χ3v) is 5.06. The van der Waals surface area contributed by atoms with E-state index in [4.69, 9.17) is 0 Å². The highest BCUT2D eigenvalue weighted by atomic mass is 19.4. The van der Waals surface area contributed by atoms with E-state index in [0.717, 1.165) is 5.56 Å². The summed E-state index contributed by atoms with van der Waals surface area (Å²) in [5, 5.41) is 10.8. The van der Waals surface area contributed by atoms with Crippen LogP contribution >= 0.6 is 0 Å². The average Bonchev–Trinajstić information content (AvgIpc) is 2.63. The van der Waals surface area contributed by atoms with Gasteiger partial charge in [-0.3, -0.25) is 4.90 Å². The summed E-state index contributed by atoms with van der Waals surface area (Å²) in [5.74, 6) is 0. The van der Waals surface area contributed by atoms with Crippen molar-refractivity contribution in [3.8, 4) is 0 Å². The van der Waals surface area contributed by atoms with Gasteiger partial charge in [0.05, 0.1) is 16.7 Å². The van der Waals surface area contributed by atoms with E-state index in [2.05, 4.69) is 0 Å². The van der Waals surface area contributed by atoms with Gasteiger partial charge < -0.3 is 5.11 Å². The van der Waals surface area contributed by atoms with Crippen LogP contribution in [0.2, 0.25) is 0 Å². The second-order valence-corrected chi connectivity index (χ2v) is 7.09. The van der Waals surface area contributed by atoms with Crippen LogP contribution in [0.3, 0.4) is 0 Å². The molecule has 1 aliphatic rings. The molecule has 0 aromatic heterocycles. The van der Waals surface area contributed by atoms with E-state index < -0.39 is 29.1 Å². The molecule has 0 atom stereocenters. The Hall–Kier alpha value is -2.06. The first-order valence-electron chi connectivity index (χ1n) is 8.76. The number of rotatable bonds is 3. The van der Waals surface area contributed by atoms with Crippen LogP contribution in [-0.4, -0.2) is 23.1 Å². The van der Waals surface area contributed by atoms with Gasteiger partial charge in [-0.05, 0) is 42.2 Å². The number of halogens is 6. The highest BCUT2D eigenvalue weighted by molar-refractivity contribution is 5.37. The fourth-order valence-electron chi connectivity index (χ4n) is 3.43. The summed E-state index contributed by atoms with van der Waals surface area (Å²) >= 11 is 0. The van der Waals surface area contributed by atoms with Crippen LogP contribution in [0.1, 0.15) is 35.1 Å². The number of piperidine rings is 1. The zero-order chi connectivity index (χ0) is 20.6. The topological polar surface area (TPSA) is 23.5 Å². The van der Waals surface area contributed by atoms with E-state index >= 15 is 0 Å². The molecular formula is C20H19F6NO. The standard InChI is InChI=1S/C20H19F6NO/c21-19(22,23)16-10-15(11-17(12-16)20(24,25)26)18(28)6-8-27(9-7-18)13-14-4-2-1-3-5-14/h1-5,10-12,28H,6-9,13H2. The van der Waals surface area contributed by atoms with Gasteiger partial charge in [0, 0.05) is 19.6 Å². The van der Waals surface area contributed by atoms with Crippen molar-refractivity contribution in [3.63, 3.8) is 0 Å². The van der Waals surface area contributed by atoms with Gasteiger partial charge in [-0.15, -0.1) is 0 Å². The molecule has 152 valence electrons. The Balaban J connectivity index is 1.83. The molecule has 0 amide bonds. The van der Waals surface area contributed by atoms with Gasteiger partial charge in [0.15, 0.2) is 0 Å². The lowest BCUT2D eigenvalue weighted by molar-refractivity contribution is -0.143. The fraction of sp³-hybridized carbons (Fsp3) is 0.400. The Bertz CT molecular complexity index is 775. The second kappa shape index (κ2) is 7.40. The van der Waals surface area contributed by atoms with Gasteiger partial charge in [0.25, 0.3) is 0 Å². The van der Waals surface area contributed by atoms with Crippen molar-refractivity contribution in [2.24, 2.45) is 0 Å². The first-order chi connectivity index (χ1) is 13.0. The molecule has 1 aliphatic heterocycles.